The third-order valence-corrected chi connectivity index (χ3v) is 2.77. The van der Waals surface area contributed by atoms with Crippen LogP contribution in [0, 0.1) is 13.8 Å². The lowest BCUT2D eigenvalue weighted by atomic mass is 10.3. The zero-order chi connectivity index (χ0) is 10.1. The van der Waals surface area contributed by atoms with Gasteiger partial charge in [0.05, 0.1) is 5.02 Å². The summed E-state index contributed by atoms with van der Waals surface area (Å²) < 4.78 is 2.16. The molecule has 0 saturated heterocycles. The van der Waals surface area contributed by atoms with Crippen LogP contribution in [0.4, 0.5) is 0 Å². The molecule has 0 unspecified atom stereocenters. The minimum absolute atomic E-state index is 0.825. The van der Waals surface area contributed by atoms with E-state index in [0.717, 1.165) is 16.4 Å². The predicted octanol–water partition coefficient (Wildman–Crippen LogP) is 3.75. The predicted molar refractivity (Wildman–Crippen MR) is 60.3 cm³/mol. The minimum atomic E-state index is 0.825. The second-order valence-corrected chi connectivity index (χ2v) is 3.80. The standard InChI is InChI=1S/C12H12ClN/c1-9-8-12(13)10(2)14(9)11-6-4-3-5-7-11/h3-8H,1-2H3. The molecule has 1 aromatic carbocycles. The smallest absolute Gasteiger partial charge is 0.0618 e. The van der Waals surface area contributed by atoms with Gasteiger partial charge >= 0.3 is 0 Å². The number of aryl methyl sites for hydroxylation is 1. The first-order chi connectivity index (χ1) is 6.70. The van der Waals surface area contributed by atoms with E-state index in [1.165, 1.54) is 5.69 Å². The van der Waals surface area contributed by atoms with Crippen LogP contribution in [0.15, 0.2) is 36.4 Å². The van der Waals surface area contributed by atoms with Gasteiger partial charge in [-0.3, -0.25) is 0 Å². The summed E-state index contributed by atoms with van der Waals surface area (Å²) >= 11 is 6.06. The molecule has 0 saturated carbocycles. The lowest BCUT2D eigenvalue weighted by molar-refractivity contribution is 0.966. The molecule has 0 bridgehead atoms. The van der Waals surface area contributed by atoms with Crippen LogP contribution >= 0.6 is 11.6 Å². The Morgan fingerprint density at radius 3 is 2.21 bits per heavy atom. The molecule has 0 aliphatic heterocycles. The summed E-state index contributed by atoms with van der Waals surface area (Å²) in [4.78, 5) is 0. The van der Waals surface area contributed by atoms with Crippen molar-refractivity contribution in [2.45, 2.75) is 13.8 Å². The normalized spacial score (nSPS) is 10.5. The molecule has 0 radical (unpaired) electrons. The summed E-state index contributed by atoms with van der Waals surface area (Å²) in [6, 6.07) is 12.2. The summed E-state index contributed by atoms with van der Waals surface area (Å²) in [6.07, 6.45) is 0. The van der Waals surface area contributed by atoms with Gasteiger partial charge in [-0.1, -0.05) is 29.8 Å². The maximum absolute atomic E-state index is 6.06. The molecule has 0 aliphatic carbocycles. The molecule has 0 fully saturated rings. The number of rotatable bonds is 1. The lowest BCUT2D eigenvalue weighted by Crippen LogP contribution is -1.97. The summed E-state index contributed by atoms with van der Waals surface area (Å²) in [5.74, 6) is 0. The highest BCUT2D eigenvalue weighted by atomic mass is 35.5. The Hall–Kier alpha value is -1.21. The maximum atomic E-state index is 6.06. The highest BCUT2D eigenvalue weighted by Crippen LogP contribution is 2.23. The van der Waals surface area contributed by atoms with Crippen molar-refractivity contribution in [3.05, 3.63) is 52.8 Å². The second-order valence-electron chi connectivity index (χ2n) is 3.39. The molecule has 2 heteroatoms. The SMILES string of the molecule is Cc1cc(Cl)c(C)n1-c1ccccc1. The molecule has 0 amide bonds. The van der Waals surface area contributed by atoms with E-state index in [-0.39, 0.29) is 0 Å². The van der Waals surface area contributed by atoms with E-state index < -0.39 is 0 Å². The summed E-state index contributed by atoms with van der Waals surface area (Å²) in [6.45, 7) is 4.09. The van der Waals surface area contributed by atoms with Crippen molar-refractivity contribution >= 4 is 11.6 Å². The van der Waals surface area contributed by atoms with E-state index in [1.807, 2.05) is 31.2 Å². The van der Waals surface area contributed by atoms with E-state index >= 15 is 0 Å². The van der Waals surface area contributed by atoms with Crippen LogP contribution in [0.5, 0.6) is 0 Å². The number of halogens is 1. The van der Waals surface area contributed by atoms with Gasteiger partial charge in [0.2, 0.25) is 0 Å². The van der Waals surface area contributed by atoms with Crippen molar-refractivity contribution in [2.24, 2.45) is 0 Å². The first-order valence-electron chi connectivity index (χ1n) is 4.60. The number of benzene rings is 1. The number of aromatic nitrogens is 1. The van der Waals surface area contributed by atoms with Crippen LogP contribution in [-0.2, 0) is 0 Å². The van der Waals surface area contributed by atoms with Crippen molar-refractivity contribution in [2.75, 3.05) is 0 Å². The topological polar surface area (TPSA) is 4.93 Å². The molecule has 0 N–H and O–H groups in total. The third-order valence-electron chi connectivity index (χ3n) is 2.38. The zero-order valence-electron chi connectivity index (χ0n) is 8.29. The van der Waals surface area contributed by atoms with Crippen molar-refractivity contribution in [1.82, 2.24) is 4.57 Å². The van der Waals surface area contributed by atoms with E-state index in [2.05, 4.69) is 23.6 Å². The number of nitrogens with zero attached hydrogens (tertiary/aromatic N) is 1. The van der Waals surface area contributed by atoms with Gasteiger partial charge in [0.15, 0.2) is 0 Å². The van der Waals surface area contributed by atoms with Gasteiger partial charge < -0.3 is 4.57 Å². The van der Waals surface area contributed by atoms with Crippen molar-refractivity contribution in [3.63, 3.8) is 0 Å². The molecule has 2 rings (SSSR count). The summed E-state index contributed by atoms with van der Waals surface area (Å²) in [5, 5.41) is 0.825. The Kier molecular flexibility index (Phi) is 2.34. The highest BCUT2D eigenvalue weighted by molar-refractivity contribution is 6.31. The van der Waals surface area contributed by atoms with Crippen molar-refractivity contribution < 1.29 is 0 Å². The van der Waals surface area contributed by atoms with Crippen LogP contribution in [-0.4, -0.2) is 4.57 Å². The Morgan fingerprint density at radius 1 is 1.07 bits per heavy atom. The molecule has 0 aliphatic rings. The number of para-hydroxylation sites is 1. The monoisotopic (exact) mass is 205 g/mol. The number of hydrogen-bond acceptors (Lipinski definition) is 0. The molecule has 14 heavy (non-hydrogen) atoms. The van der Waals surface area contributed by atoms with E-state index in [0.29, 0.717) is 0 Å². The molecule has 1 aromatic heterocycles. The van der Waals surface area contributed by atoms with Gasteiger partial charge in [-0.05, 0) is 32.0 Å². The van der Waals surface area contributed by atoms with Crippen LogP contribution in [0.1, 0.15) is 11.4 Å². The molecule has 1 nitrogen and oxygen atoms in total. The van der Waals surface area contributed by atoms with Crippen LogP contribution in [0.2, 0.25) is 5.02 Å². The molecule has 0 atom stereocenters. The van der Waals surface area contributed by atoms with E-state index in [4.69, 9.17) is 11.6 Å². The zero-order valence-corrected chi connectivity index (χ0v) is 9.05. The van der Waals surface area contributed by atoms with Crippen LogP contribution in [0.3, 0.4) is 0 Å². The first kappa shape index (κ1) is 9.35. The fourth-order valence-corrected chi connectivity index (χ4v) is 1.94. The molecular formula is C12H12ClN. The summed E-state index contributed by atoms with van der Waals surface area (Å²) in [7, 11) is 0. The number of hydrogen-bond donors (Lipinski definition) is 0. The lowest BCUT2D eigenvalue weighted by Gasteiger charge is -2.08. The van der Waals surface area contributed by atoms with Crippen molar-refractivity contribution in [3.8, 4) is 5.69 Å². The first-order valence-corrected chi connectivity index (χ1v) is 4.98. The fraction of sp³-hybridized carbons (Fsp3) is 0.167. The van der Waals surface area contributed by atoms with Crippen LogP contribution < -0.4 is 0 Å². The van der Waals surface area contributed by atoms with Gasteiger partial charge in [-0.25, -0.2) is 0 Å². The van der Waals surface area contributed by atoms with Crippen LogP contribution in [0.25, 0.3) is 5.69 Å². The average Bonchev–Trinajstić information content (AvgIpc) is 2.43. The molecule has 2 aromatic rings. The highest BCUT2D eigenvalue weighted by Gasteiger charge is 2.07. The third kappa shape index (κ3) is 1.44. The van der Waals surface area contributed by atoms with Gasteiger partial charge in [-0.2, -0.15) is 0 Å². The van der Waals surface area contributed by atoms with Gasteiger partial charge in [0.1, 0.15) is 0 Å². The minimum Gasteiger partial charge on any atom is -0.317 e. The van der Waals surface area contributed by atoms with Gasteiger partial charge in [0.25, 0.3) is 0 Å². The van der Waals surface area contributed by atoms with E-state index in [9.17, 15) is 0 Å². The Morgan fingerprint density at radius 2 is 1.71 bits per heavy atom. The Labute approximate surface area is 88.9 Å². The maximum Gasteiger partial charge on any atom is 0.0618 e. The Balaban J connectivity index is 2.62. The summed E-state index contributed by atoms with van der Waals surface area (Å²) in [5.41, 5.74) is 3.42. The largest absolute Gasteiger partial charge is 0.317 e. The van der Waals surface area contributed by atoms with Gasteiger partial charge in [0, 0.05) is 17.1 Å². The molecule has 72 valence electrons. The fourth-order valence-electron chi connectivity index (χ4n) is 1.70. The van der Waals surface area contributed by atoms with E-state index in [1.54, 1.807) is 0 Å². The molecule has 1 heterocycles. The quantitative estimate of drug-likeness (QED) is 0.668. The average molecular weight is 206 g/mol. The molecular weight excluding hydrogens is 194 g/mol. The second kappa shape index (κ2) is 3.50. The van der Waals surface area contributed by atoms with Crippen molar-refractivity contribution in [1.29, 1.82) is 0 Å². The Bertz CT molecular complexity index is 443. The van der Waals surface area contributed by atoms with Gasteiger partial charge in [-0.15, -0.1) is 0 Å². The molecule has 0 spiro atoms.